The predicted molar refractivity (Wildman–Crippen MR) is 72.7 cm³/mol. The van der Waals surface area contributed by atoms with E-state index in [9.17, 15) is 0 Å². The Balaban J connectivity index is 2.26. The van der Waals surface area contributed by atoms with Crippen LogP contribution in [0.4, 0.5) is 0 Å². The summed E-state index contributed by atoms with van der Waals surface area (Å²) in [6.45, 7) is 8.53. The largest absolute Gasteiger partial charge is 0.311 e. The molecule has 1 heteroatoms. The summed E-state index contributed by atoms with van der Waals surface area (Å²) in [5.74, 6) is 0.951. The van der Waals surface area contributed by atoms with Crippen LogP contribution < -0.4 is 5.32 Å². The molecule has 0 spiro atoms. The van der Waals surface area contributed by atoms with Gasteiger partial charge in [-0.15, -0.1) is 6.58 Å². The standard InChI is InChI=1S/C15H29N/c1-4-6-8-14(7-5-2)16-15-11-9-13(3)10-12-15/h5,13-16H,2,4,6-12H2,1,3H3. The van der Waals surface area contributed by atoms with Crippen LogP contribution in [0.3, 0.4) is 0 Å². The minimum atomic E-state index is 0.677. The van der Waals surface area contributed by atoms with Gasteiger partial charge in [0.2, 0.25) is 0 Å². The lowest BCUT2D eigenvalue weighted by molar-refractivity contribution is 0.279. The Labute approximate surface area is 102 Å². The third kappa shape index (κ3) is 5.16. The first kappa shape index (κ1) is 13.8. The zero-order valence-corrected chi connectivity index (χ0v) is 11.2. The first-order chi connectivity index (χ1) is 7.76. The van der Waals surface area contributed by atoms with Gasteiger partial charge in [0.1, 0.15) is 0 Å². The van der Waals surface area contributed by atoms with Gasteiger partial charge >= 0.3 is 0 Å². The lowest BCUT2D eigenvalue weighted by Gasteiger charge is -2.30. The lowest BCUT2D eigenvalue weighted by Crippen LogP contribution is -2.40. The van der Waals surface area contributed by atoms with Crippen LogP contribution in [0.1, 0.15) is 65.2 Å². The minimum absolute atomic E-state index is 0.677. The van der Waals surface area contributed by atoms with Gasteiger partial charge in [-0.1, -0.05) is 32.8 Å². The Hall–Kier alpha value is -0.300. The van der Waals surface area contributed by atoms with Crippen molar-refractivity contribution in [2.75, 3.05) is 0 Å². The highest BCUT2D eigenvalue weighted by Gasteiger charge is 2.20. The maximum Gasteiger partial charge on any atom is 0.0104 e. The fraction of sp³-hybridized carbons (Fsp3) is 0.867. The summed E-state index contributed by atoms with van der Waals surface area (Å²) < 4.78 is 0. The molecule has 0 saturated heterocycles. The minimum Gasteiger partial charge on any atom is -0.311 e. The van der Waals surface area contributed by atoms with E-state index in [1.807, 2.05) is 0 Å². The van der Waals surface area contributed by atoms with E-state index in [0.717, 1.165) is 18.4 Å². The van der Waals surface area contributed by atoms with Crippen molar-refractivity contribution in [3.05, 3.63) is 12.7 Å². The van der Waals surface area contributed by atoms with Gasteiger partial charge in [0, 0.05) is 12.1 Å². The quantitative estimate of drug-likeness (QED) is 0.635. The van der Waals surface area contributed by atoms with Crippen molar-refractivity contribution in [2.24, 2.45) is 5.92 Å². The molecule has 1 rings (SSSR count). The topological polar surface area (TPSA) is 12.0 Å². The summed E-state index contributed by atoms with van der Waals surface area (Å²) in [5.41, 5.74) is 0. The molecule has 1 aliphatic carbocycles. The van der Waals surface area contributed by atoms with Crippen molar-refractivity contribution in [1.29, 1.82) is 0 Å². The normalized spacial score (nSPS) is 27.6. The highest BCUT2D eigenvalue weighted by Crippen LogP contribution is 2.24. The highest BCUT2D eigenvalue weighted by atomic mass is 14.9. The molecule has 94 valence electrons. The summed E-state index contributed by atoms with van der Waals surface area (Å²) >= 11 is 0. The van der Waals surface area contributed by atoms with Gasteiger partial charge in [0.05, 0.1) is 0 Å². The molecule has 0 aliphatic heterocycles. The Bertz CT molecular complexity index is 180. The number of nitrogens with one attached hydrogen (secondary N) is 1. The van der Waals surface area contributed by atoms with Gasteiger partial charge in [0.15, 0.2) is 0 Å². The third-order valence-corrected chi connectivity index (χ3v) is 3.84. The van der Waals surface area contributed by atoms with Gasteiger partial charge in [-0.25, -0.2) is 0 Å². The van der Waals surface area contributed by atoms with Crippen molar-refractivity contribution >= 4 is 0 Å². The molecule has 0 heterocycles. The van der Waals surface area contributed by atoms with Crippen LogP contribution in [0.25, 0.3) is 0 Å². The molecule has 1 fully saturated rings. The van der Waals surface area contributed by atoms with E-state index in [1.165, 1.54) is 44.9 Å². The van der Waals surface area contributed by atoms with Crippen molar-refractivity contribution in [3.63, 3.8) is 0 Å². The van der Waals surface area contributed by atoms with E-state index in [0.29, 0.717) is 6.04 Å². The number of hydrogen-bond donors (Lipinski definition) is 1. The van der Waals surface area contributed by atoms with Crippen LogP contribution in [-0.4, -0.2) is 12.1 Å². The molecule has 16 heavy (non-hydrogen) atoms. The molecule has 0 aromatic heterocycles. The van der Waals surface area contributed by atoms with Gasteiger partial charge in [0.25, 0.3) is 0 Å². The summed E-state index contributed by atoms with van der Waals surface area (Å²) in [4.78, 5) is 0. The molecule has 1 atom stereocenters. The van der Waals surface area contributed by atoms with Crippen LogP contribution in [0.5, 0.6) is 0 Å². The first-order valence-corrected chi connectivity index (χ1v) is 7.13. The second-order valence-corrected chi connectivity index (χ2v) is 5.49. The monoisotopic (exact) mass is 223 g/mol. The summed E-state index contributed by atoms with van der Waals surface area (Å²) in [5, 5.41) is 3.84. The SMILES string of the molecule is C=CCC(CCCC)NC1CCC(C)CC1. The van der Waals surface area contributed by atoms with Crippen LogP contribution in [0, 0.1) is 5.92 Å². The molecule has 0 bridgehead atoms. The second-order valence-electron chi connectivity index (χ2n) is 5.49. The van der Waals surface area contributed by atoms with E-state index in [1.54, 1.807) is 0 Å². The van der Waals surface area contributed by atoms with E-state index >= 15 is 0 Å². The van der Waals surface area contributed by atoms with Crippen molar-refractivity contribution in [1.82, 2.24) is 5.32 Å². The number of hydrogen-bond acceptors (Lipinski definition) is 1. The third-order valence-electron chi connectivity index (χ3n) is 3.84. The molecule has 0 amide bonds. The Morgan fingerprint density at radius 2 is 2.00 bits per heavy atom. The van der Waals surface area contributed by atoms with Crippen LogP contribution in [0.2, 0.25) is 0 Å². The average Bonchev–Trinajstić information content (AvgIpc) is 2.29. The molecule has 1 nitrogen and oxygen atoms in total. The Morgan fingerprint density at radius 1 is 1.31 bits per heavy atom. The zero-order chi connectivity index (χ0) is 11.8. The zero-order valence-electron chi connectivity index (χ0n) is 11.2. The van der Waals surface area contributed by atoms with Gasteiger partial charge in [-0.2, -0.15) is 0 Å². The van der Waals surface area contributed by atoms with Crippen molar-refractivity contribution in [2.45, 2.75) is 77.3 Å². The average molecular weight is 223 g/mol. The maximum absolute atomic E-state index is 3.87. The van der Waals surface area contributed by atoms with E-state index < -0.39 is 0 Å². The number of unbranched alkanes of at least 4 members (excludes halogenated alkanes) is 1. The smallest absolute Gasteiger partial charge is 0.0104 e. The summed E-state index contributed by atoms with van der Waals surface area (Å²) in [6.07, 6.45) is 12.7. The van der Waals surface area contributed by atoms with Gasteiger partial charge in [-0.05, 0) is 44.4 Å². The fourth-order valence-corrected chi connectivity index (χ4v) is 2.68. The highest BCUT2D eigenvalue weighted by molar-refractivity contribution is 4.83. The molecule has 1 unspecified atom stereocenters. The summed E-state index contributed by atoms with van der Waals surface area (Å²) in [7, 11) is 0. The second kappa shape index (κ2) is 7.89. The van der Waals surface area contributed by atoms with Gasteiger partial charge in [-0.3, -0.25) is 0 Å². The molecular weight excluding hydrogens is 194 g/mol. The van der Waals surface area contributed by atoms with Crippen LogP contribution >= 0.6 is 0 Å². The maximum atomic E-state index is 3.87. The van der Waals surface area contributed by atoms with E-state index in [4.69, 9.17) is 0 Å². The van der Waals surface area contributed by atoms with Crippen molar-refractivity contribution < 1.29 is 0 Å². The van der Waals surface area contributed by atoms with E-state index in [2.05, 4.69) is 31.8 Å². The molecule has 1 aliphatic rings. The first-order valence-electron chi connectivity index (χ1n) is 7.13. The fourth-order valence-electron chi connectivity index (χ4n) is 2.68. The van der Waals surface area contributed by atoms with Crippen LogP contribution in [0.15, 0.2) is 12.7 Å². The van der Waals surface area contributed by atoms with Crippen molar-refractivity contribution in [3.8, 4) is 0 Å². The Kier molecular flexibility index (Phi) is 6.79. The molecule has 0 aromatic rings. The Morgan fingerprint density at radius 3 is 2.56 bits per heavy atom. The molecule has 1 N–H and O–H groups in total. The predicted octanol–water partition coefficient (Wildman–Crippen LogP) is 4.29. The van der Waals surface area contributed by atoms with Gasteiger partial charge < -0.3 is 5.32 Å². The number of rotatable bonds is 7. The van der Waals surface area contributed by atoms with Crippen LogP contribution in [-0.2, 0) is 0 Å². The molecule has 0 aromatic carbocycles. The molecular formula is C15H29N. The van der Waals surface area contributed by atoms with E-state index in [-0.39, 0.29) is 0 Å². The molecule has 1 saturated carbocycles. The summed E-state index contributed by atoms with van der Waals surface area (Å²) in [6, 6.07) is 1.45. The lowest BCUT2D eigenvalue weighted by atomic mass is 9.86. The molecule has 0 radical (unpaired) electrons.